The van der Waals surface area contributed by atoms with E-state index in [0.717, 1.165) is 12.2 Å². The number of carbonyl (C=O) groups is 1. The van der Waals surface area contributed by atoms with E-state index in [9.17, 15) is 4.79 Å². The van der Waals surface area contributed by atoms with E-state index in [-0.39, 0.29) is 11.2 Å². The summed E-state index contributed by atoms with van der Waals surface area (Å²) >= 11 is 7.60. The zero-order valence-corrected chi connectivity index (χ0v) is 12.7. The first kappa shape index (κ1) is 15.0. The second kappa shape index (κ2) is 7.41. The van der Waals surface area contributed by atoms with Crippen molar-refractivity contribution in [2.45, 2.75) is 24.3 Å². The summed E-state index contributed by atoms with van der Waals surface area (Å²) in [6, 6.07) is 11.0. The van der Waals surface area contributed by atoms with E-state index in [1.807, 2.05) is 31.2 Å². The Kier molecular flexibility index (Phi) is 5.56. The van der Waals surface area contributed by atoms with Gasteiger partial charge in [0.2, 0.25) is 5.91 Å². The topological polar surface area (TPSA) is 42.2 Å². The number of amides is 1. The Hall–Kier alpha value is -1.39. The van der Waals surface area contributed by atoms with Gasteiger partial charge in [-0.15, -0.1) is 11.8 Å². The minimum Gasteiger partial charge on any atom is -0.468 e. The highest BCUT2D eigenvalue weighted by molar-refractivity contribution is 7.99. The van der Waals surface area contributed by atoms with Crippen LogP contribution in [0.2, 0.25) is 5.02 Å². The van der Waals surface area contributed by atoms with Crippen molar-refractivity contribution in [2.75, 3.05) is 5.32 Å². The molecule has 0 saturated carbocycles. The maximum Gasteiger partial charge on any atom is 0.237 e. The zero-order valence-electron chi connectivity index (χ0n) is 11.1. The molecular formula is C15H16ClNO2S. The smallest absolute Gasteiger partial charge is 0.237 e. The first-order valence-electron chi connectivity index (χ1n) is 6.40. The molecule has 1 atom stereocenters. The summed E-state index contributed by atoms with van der Waals surface area (Å²) in [5, 5.41) is 3.29. The van der Waals surface area contributed by atoms with Crippen LogP contribution in [-0.2, 0) is 10.5 Å². The molecule has 1 N–H and O–H groups in total. The van der Waals surface area contributed by atoms with Crippen LogP contribution in [0.25, 0.3) is 0 Å². The van der Waals surface area contributed by atoms with E-state index in [0.29, 0.717) is 16.5 Å². The molecule has 1 amide bonds. The van der Waals surface area contributed by atoms with Crippen molar-refractivity contribution in [1.29, 1.82) is 0 Å². The van der Waals surface area contributed by atoms with Crippen molar-refractivity contribution in [3.05, 3.63) is 53.4 Å². The van der Waals surface area contributed by atoms with Gasteiger partial charge in [-0.1, -0.05) is 30.7 Å². The van der Waals surface area contributed by atoms with Crippen molar-refractivity contribution >= 4 is 35.0 Å². The van der Waals surface area contributed by atoms with Gasteiger partial charge in [0.15, 0.2) is 0 Å². The molecule has 3 nitrogen and oxygen atoms in total. The van der Waals surface area contributed by atoms with Gasteiger partial charge >= 0.3 is 0 Å². The van der Waals surface area contributed by atoms with Crippen molar-refractivity contribution in [3.8, 4) is 0 Å². The minimum absolute atomic E-state index is 0.0304. The highest BCUT2D eigenvalue weighted by Crippen LogP contribution is 2.25. The summed E-state index contributed by atoms with van der Waals surface area (Å²) in [6.45, 7) is 1.99. The quantitative estimate of drug-likeness (QED) is 0.849. The van der Waals surface area contributed by atoms with E-state index in [1.165, 1.54) is 0 Å². The summed E-state index contributed by atoms with van der Waals surface area (Å²) < 4.78 is 5.27. The van der Waals surface area contributed by atoms with Crippen LogP contribution in [0.3, 0.4) is 0 Å². The Morgan fingerprint density at radius 3 is 2.80 bits per heavy atom. The predicted octanol–water partition coefficient (Wildman–Crippen LogP) is 4.58. The summed E-state index contributed by atoms with van der Waals surface area (Å²) in [5.74, 6) is 1.53. The number of carbonyl (C=O) groups excluding carboxylic acids is 1. The van der Waals surface area contributed by atoms with Crippen LogP contribution < -0.4 is 5.32 Å². The third-order valence-corrected chi connectivity index (χ3v) is 4.53. The summed E-state index contributed by atoms with van der Waals surface area (Å²) in [6.07, 6.45) is 2.39. The number of anilines is 1. The van der Waals surface area contributed by atoms with Crippen LogP contribution in [0.1, 0.15) is 19.1 Å². The van der Waals surface area contributed by atoms with Gasteiger partial charge in [0.1, 0.15) is 5.76 Å². The molecule has 5 heteroatoms. The standard InChI is InChI=1S/C15H16ClNO2S/c1-2-14(20-10-11-6-5-9-19-11)15(18)17-13-8-4-3-7-12(13)16/h3-9,14H,2,10H2,1H3,(H,17,18). The van der Waals surface area contributed by atoms with Crippen molar-refractivity contribution in [1.82, 2.24) is 0 Å². The number of hydrogen-bond donors (Lipinski definition) is 1. The van der Waals surface area contributed by atoms with Crippen LogP contribution in [0.5, 0.6) is 0 Å². The number of benzene rings is 1. The van der Waals surface area contributed by atoms with Gasteiger partial charge in [-0.3, -0.25) is 4.79 Å². The second-order valence-electron chi connectivity index (χ2n) is 4.26. The fraction of sp³-hybridized carbons (Fsp3) is 0.267. The first-order chi connectivity index (χ1) is 9.70. The molecule has 20 heavy (non-hydrogen) atoms. The number of nitrogens with one attached hydrogen (secondary N) is 1. The third kappa shape index (κ3) is 4.05. The van der Waals surface area contributed by atoms with Gasteiger partial charge in [-0.25, -0.2) is 0 Å². The molecule has 0 aliphatic heterocycles. The van der Waals surface area contributed by atoms with Gasteiger partial charge in [0, 0.05) is 0 Å². The lowest BCUT2D eigenvalue weighted by Crippen LogP contribution is -2.24. The molecule has 1 aromatic heterocycles. The van der Waals surface area contributed by atoms with E-state index < -0.39 is 0 Å². The Bertz CT molecular complexity index is 557. The molecule has 0 bridgehead atoms. The van der Waals surface area contributed by atoms with Gasteiger partial charge in [0.25, 0.3) is 0 Å². The Labute approximate surface area is 127 Å². The fourth-order valence-electron chi connectivity index (χ4n) is 1.73. The maximum absolute atomic E-state index is 12.2. The fourth-order valence-corrected chi connectivity index (χ4v) is 2.89. The maximum atomic E-state index is 12.2. The SMILES string of the molecule is CCC(SCc1ccco1)C(=O)Nc1ccccc1Cl. The van der Waals surface area contributed by atoms with Crippen LogP contribution in [-0.4, -0.2) is 11.2 Å². The largest absolute Gasteiger partial charge is 0.468 e. The lowest BCUT2D eigenvalue weighted by atomic mass is 10.2. The Morgan fingerprint density at radius 2 is 2.15 bits per heavy atom. The second-order valence-corrected chi connectivity index (χ2v) is 5.85. The van der Waals surface area contributed by atoms with Gasteiger partial charge < -0.3 is 9.73 Å². The molecule has 1 aromatic carbocycles. The normalized spacial score (nSPS) is 12.1. The average molecular weight is 310 g/mol. The van der Waals surface area contributed by atoms with Gasteiger partial charge in [-0.2, -0.15) is 0 Å². The highest BCUT2D eigenvalue weighted by Gasteiger charge is 2.18. The number of hydrogen-bond acceptors (Lipinski definition) is 3. The average Bonchev–Trinajstić information content (AvgIpc) is 2.95. The molecule has 0 aliphatic rings. The monoisotopic (exact) mass is 309 g/mol. The Balaban J connectivity index is 1.93. The number of rotatable bonds is 6. The van der Waals surface area contributed by atoms with Crippen LogP contribution in [0, 0.1) is 0 Å². The third-order valence-electron chi connectivity index (χ3n) is 2.80. The molecule has 0 aliphatic carbocycles. The molecule has 2 rings (SSSR count). The number of halogens is 1. The molecule has 0 radical (unpaired) electrons. The van der Waals surface area contributed by atoms with E-state index in [1.54, 1.807) is 30.2 Å². The zero-order chi connectivity index (χ0) is 14.4. The molecule has 2 aromatic rings. The summed E-state index contributed by atoms with van der Waals surface area (Å²) in [5.41, 5.74) is 0.649. The summed E-state index contributed by atoms with van der Waals surface area (Å²) in [7, 11) is 0. The molecular weight excluding hydrogens is 294 g/mol. The van der Waals surface area contributed by atoms with Gasteiger partial charge in [-0.05, 0) is 30.7 Å². The van der Waals surface area contributed by atoms with Crippen molar-refractivity contribution in [2.24, 2.45) is 0 Å². The first-order valence-corrected chi connectivity index (χ1v) is 7.82. The molecule has 0 saturated heterocycles. The van der Waals surface area contributed by atoms with Crippen molar-refractivity contribution in [3.63, 3.8) is 0 Å². The number of furan rings is 1. The van der Waals surface area contributed by atoms with Crippen LogP contribution in [0.4, 0.5) is 5.69 Å². The Morgan fingerprint density at radius 1 is 1.35 bits per heavy atom. The van der Waals surface area contributed by atoms with Gasteiger partial charge in [0.05, 0.1) is 28.0 Å². The molecule has 0 spiro atoms. The lowest BCUT2D eigenvalue weighted by molar-refractivity contribution is -0.115. The number of para-hydroxylation sites is 1. The minimum atomic E-state index is -0.128. The molecule has 0 fully saturated rings. The molecule has 1 unspecified atom stereocenters. The highest BCUT2D eigenvalue weighted by atomic mass is 35.5. The molecule has 1 heterocycles. The van der Waals surface area contributed by atoms with E-state index in [4.69, 9.17) is 16.0 Å². The van der Waals surface area contributed by atoms with E-state index in [2.05, 4.69) is 5.32 Å². The predicted molar refractivity (Wildman–Crippen MR) is 84.2 cm³/mol. The van der Waals surface area contributed by atoms with E-state index >= 15 is 0 Å². The summed E-state index contributed by atoms with van der Waals surface area (Å²) in [4.78, 5) is 12.2. The number of thioether (sulfide) groups is 1. The molecule has 106 valence electrons. The van der Waals surface area contributed by atoms with Crippen LogP contribution in [0.15, 0.2) is 47.1 Å². The van der Waals surface area contributed by atoms with Crippen LogP contribution >= 0.6 is 23.4 Å². The lowest BCUT2D eigenvalue weighted by Gasteiger charge is -2.14. The van der Waals surface area contributed by atoms with Crippen molar-refractivity contribution < 1.29 is 9.21 Å².